The lowest BCUT2D eigenvalue weighted by molar-refractivity contribution is -0.126. The van der Waals surface area contributed by atoms with E-state index in [2.05, 4.69) is 10.8 Å². The number of hydroxylamine groups is 1. The zero-order valence-electron chi connectivity index (χ0n) is 9.24. The Hall–Kier alpha value is -1.88. The average Bonchev–Trinajstić information content (AvgIpc) is 2.28. The molecule has 86 valence electrons. The number of benzene rings is 1. The van der Waals surface area contributed by atoms with Crippen LogP contribution in [0, 0.1) is 6.92 Å². The lowest BCUT2D eigenvalue weighted by Crippen LogP contribution is -2.31. The molecular weight excluding hydrogens is 208 g/mol. The van der Waals surface area contributed by atoms with Gasteiger partial charge in [-0.1, -0.05) is 17.7 Å². The molecular formula is C11H14N2O3. The van der Waals surface area contributed by atoms with Gasteiger partial charge < -0.3 is 5.32 Å². The molecule has 0 saturated carbocycles. The maximum absolute atomic E-state index is 11.5. The van der Waals surface area contributed by atoms with Crippen molar-refractivity contribution >= 4 is 11.8 Å². The van der Waals surface area contributed by atoms with Crippen LogP contribution in [0.1, 0.15) is 15.9 Å². The van der Waals surface area contributed by atoms with Crippen molar-refractivity contribution in [2.24, 2.45) is 0 Å². The van der Waals surface area contributed by atoms with Gasteiger partial charge in [-0.25, -0.2) is 5.48 Å². The number of amides is 2. The van der Waals surface area contributed by atoms with Crippen molar-refractivity contribution in [3.63, 3.8) is 0 Å². The molecule has 0 aromatic heterocycles. The van der Waals surface area contributed by atoms with E-state index in [1.807, 2.05) is 13.0 Å². The fourth-order valence-electron chi connectivity index (χ4n) is 1.08. The molecule has 1 rings (SSSR count). The summed E-state index contributed by atoms with van der Waals surface area (Å²) < 4.78 is 0. The molecule has 1 aromatic rings. The van der Waals surface area contributed by atoms with Crippen molar-refractivity contribution in [1.82, 2.24) is 10.8 Å². The third-order valence-electron chi connectivity index (χ3n) is 1.93. The van der Waals surface area contributed by atoms with Crippen molar-refractivity contribution < 1.29 is 14.4 Å². The molecule has 5 heteroatoms. The van der Waals surface area contributed by atoms with E-state index in [0.29, 0.717) is 5.56 Å². The summed E-state index contributed by atoms with van der Waals surface area (Å²) in [5.41, 5.74) is 3.67. The maximum Gasteiger partial charge on any atom is 0.274 e. The van der Waals surface area contributed by atoms with Gasteiger partial charge in [0.05, 0.1) is 0 Å². The van der Waals surface area contributed by atoms with Gasteiger partial charge in [0, 0.05) is 12.6 Å². The van der Waals surface area contributed by atoms with Gasteiger partial charge in [-0.15, -0.1) is 0 Å². The highest BCUT2D eigenvalue weighted by Gasteiger charge is 2.06. The summed E-state index contributed by atoms with van der Waals surface area (Å²) in [6, 6.07) is 7.08. The number of carbonyl (C=O) groups excluding carboxylic acids is 2. The molecule has 0 radical (unpaired) electrons. The average molecular weight is 222 g/mol. The Morgan fingerprint density at radius 3 is 2.75 bits per heavy atom. The van der Waals surface area contributed by atoms with E-state index < -0.39 is 0 Å². The van der Waals surface area contributed by atoms with E-state index in [4.69, 9.17) is 4.84 Å². The molecule has 2 N–H and O–H groups in total. The maximum atomic E-state index is 11.5. The van der Waals surface area contributed by atoms with E-state index in [0.717, 1.165) is 5.56 Å². The summed E-state index contributed by atoms with van der Waals surface area (Å²) >= 11 is 0. The van der Waals surface area contributed by atoms with Crippen LogP contribution in [0.15, 0.2) is 24.3 Å². The van der Waals surface area contributed by atoms with Crippen LogP contribution >= 0.6 is 0 Å². The van der Waals surface area contributed by atoms with Gasteiger partial charge in [0.1, 0.15) is 0 Å². The second kappa shape index (κ2) is 5.87. The smallest absolute Gasteiger partial charge is 0.274 e. The SMILES string of the molecule is CNC(=O)CONC(=O)c1cccc(C)c1. The van der Waals surface area contributed by atoms with Crippen molar-refractivity contribution in [2.45, 2.75) is 6.92 Å². The van der Waals surface area contributed by atoms with E-state index in [1.165, 1.54) is 7.05 Å². The number of carbonyl (C=O) groups is 2. The molecule has 0 spiro atoms. The van der Waals surface area contributed by atoms with Crippen LogP contribution in [-0.2, 0) is 9.63 Å². The van der Waals surface area contributed by atoms with Crippen LogP contribution in [0.5, 0.6) is 0 Å². The zero-order chi connectivity index (χ0) is 12.0. The first-order valence-corrected chi connectivity index (χ1v) is 4.83. The minimum absolute atomic E-state index is 0.200. The van der Waals surface area contributed by atoms with E-state index in [1.54, 1.807) is 18.2 Å². The van der Waals surface area contributed by atoms with Gasteiger partial charge in [-0.05, 0) is 19.1 Å². The normalized spacial score (nSPS) is 9.62. The summed E-state index contributed by atoms with van der Waals surface area (Å²) in [4.78, 5) is 27.0. The summed E-state index contributed by atoms with van der Waals surface area (Å²) in [6.45, 7) is 1.69. The molecule has 1 aromatic carbocycles. The summed E-state index contributed by atoms with van der Waals surface area (Å²) in [5.74, 6) is -0.669. The second-order valence-corrected chi connectivity index (χ2v) is 3.26. The third-order valence-corrected chi connectivity index (χ3v) is 1.93. The Morgan fingerprint density at radius 1 is 1.38 bits per heavy atom. The molecule has 0 bridgehead atoms. The minimum atomic E-state index is -0.368. The number of nitrogens with one attached hydrogen (secondary N) is 2. The fourth-order valence-corrected chi connectivity index (χ4v) is 1.08. The molecule has 16 heavy (non-hydrogen) atoms. The Kier molecular flexibility index (Phi) is 4.47. The molecule has 0 unspecified atom stereocenters. The monoisotopic (exact) mass is 222 g/mol. The number of hydrogen-bond acceptors (Lipinski definition) is 3. The van der Waals surface area contributed by atoms with Gasteiger partial charge in [0.2, 0.25) is 5.91 Å². The van der Waals surface area contributed by atoms with E-state index in [9.17, 15) is 9.59 Å². The molecule has 0 atom stereocenters. The molecule has 5 nitrogen and oxygen atoms in total. The predicted octanol–water partition coefficient (Wildman–Crippen LogP) is 0.402. The highest BCUT2D eigenvalue weighted by molar-refractivity contribution is 5.93. The summed E-state index contributed by atoms with van der Waals surface area (Å²) in [5, 5.41) is 2.37. The van der Waals surface area contributed by atoms with Crippen molar-refractivity contribution in [1.29, 1.82) is 0 Å². The van der Waals surface area contributed by atoms with Crippen LogP contribution in [0.4, 0.5) is 0 Å². The van der Waals surface area contributed by atoms with Crippen molar-refractivity contribution in [3.8, 4) is 0 Å². The molecule has 0 heterocycles. The van der Waals surface area contributed by atoms with Gasteiger partial charge >= 0.3 is 0 Å². The molecule has 0 fully saturated rings. The number of aryl methyl sites for hydroxylation is 1. The first kappa shape index (κ1) is 12.2. The molecule has 0 aliphatic rings. The summed E-state index contributed by atoms with van der Waals surface area (Å²) in [7, 11) is 1.49. The van der Waals surface area contributed by atoms with Gasteiger partial charge in [0.25, 0.3) is 5.91 Å². The number of hydrogen-bond donors (Lipinski definition) is 2. The minimum Gasteiger partial charge on any atom is -0.357 e. The third kappa shape index (κ3) is 3.70. The summed E-state index contributed by atoms with van der Waals surface area (Å²) in [6.07, 6.45) is 0. The number of likely N-dealkylation sites (N-methyl/N-ethyl adjacent to an activating group) is 1. The van der Waals surface area contributed by atoms with Crippen LogP contribution in [0.25, 0.3) is 0 Å². The highest BCUT2D eigenvalue weighted by Crippen LogP contribution is 2.03. The molecule has 0 saturated heterocycles. The quantitative estimate of drug-likeness (QED) is 0.725. The van der Waals surface area contributed by atoms with E-state index >= 15 is 0 Å². The predicted molar refractivity (Wildman–Crippen MR) is 58.7 cm³/mol. The first-order chi connectivity index (χ1) is 7.63. The van der Waals surface area contributed by atoms with Crippen molar-refractivity contribution in [2.75, 3.05) is 13.7 Å². The van der Waals surface area contributed by atoms with Gasteiger partial charge in [0.15, 0.2) is 6.61 Å². The molecule has 2 amide bonds. The van der Waals surface area contributed by atoms with Crippen LogP contribution in [-0.4, -0.2) is 25.5 Å². The standard InChI is InChI=1S/C11H14N2O3/c1-8-4-3-5-9(6-8)11(15)13-16-7-10(14)12-2/h3-6H,7H2,1-2H3,(H,12,14)(H,13,15). The van der Waals surface area contributed by atoms with Crippen LogP contribution in [0.3, 0.4) is 0 Å². The molecule has 0 aliphatic heterocycles. The number of rotatable bonds is 4. The lowest BCUT2D eigenvalue weighted by Gasteiger charge is -2.05. The second-order valence-electron chi connectivity index (χ2n) is 3.26. The molecule has 0 aliphatic carbocycles. The van der Waals surface area contributed by atoms with Gasteiger partial charge in [-0.2, -0.15) is 0 Å². The van der Waals surface area contributed by atoms with Crippen molar-refractivity contribution in [3.05, 3.63) is 35.4 Å². The fraction of sp³-hybridized carbons (Fsp3) is 0.273. The highest BCUT2D eigenvalue weighted by atomic mass is 16.7. The Bertz CT molecular complexity index is 391. The largest absolute Gasteiger partial charge is 0.357 e. The van der Waals surface area contributed by atoms with E-state index in [-0.39, 0.29) is 18.4 Å². The first-order valence-electron chi connectivity index (χ1n) is 4.83. The topological polar surface area (TPSA) is 67.4 Å². The lowest BCUT2D eigenvalue weighted by atomic mass is 10.1. The zero-order valence-corrected chi connectivity index (χ0v) is 9.24. The van der Waals surface area contributed by atoms with Gasteiger partial charge in [-0.3, -0.25) is 14.4 Å². The Balaban J connectivity index is 2.44. The Labute approximate surface area is 93.7 Å². The van der Waals surface area contributed by atoms with Crippen LogP contribution < -0.4 is 10.8 Å². The van der Waals surface area contributed by atoms with Crippen LogP contribution in [0.2, 0.25) is 0 Å². The Morgan fingerprint density at radius 2 is 2.12 bits per heavy atom.